The Kier molecular flexibility index (Phi) is 4.83. The highest BCUT2D eigenvalue weighted by Gasteiger charge is 2.18. The molecule has 0 spiro atoms. The molecule has 0 aliphatic heterocycles. The Morgan fingerprint density at radius 3 is 2.74 bits per heavy atom. The van der Waals surface area contributed by atoms with E-state index in [0.717, 1.165) is 6.07 Å². The number of hydrogen-bond donors (Lipinski definition) is 1. The maximum atomic E-state index is 12.3. The third-order valence-electron chi connectivity index (χ3n) is 3.96. The standard InChI is InChI=1S/C18H12ClNO7/c1-9-15(21)5-3-12-10(6-16(22)27-17(9)12)8-26-18(23)13-7-11(20(24)25)2-4-14(13)19/h2-7,21H,8H2,1H3. The number of fused-ring (bicyclic) bond motifs is 1. The molecule has 8 nitrogen and oxygen atoms in total. The van der Waals surface area contributed by atoms with Gasteiger partial charge >= 0.3 is 11.6 Å². The number of aromatic hydroxyl groups is 1. The first-order valence-corrected chi connectivity index (χ1v) is 8.02. The van der Waals surface area contributed by atoms with Crippen LogP contribution in [0, 0.1) is 17.0 Å². The minimum absolute atomic E-state index is 0.00352. The number of ether oxygens (including phenoxy) is 1. The molecule has 0 bridgehead atoms. The highest BCUT2D eigenvalue weighted by molar-refractivity contribution is 6.33. The predicted molar refractivity (Wildman–Crippen MR) is 96.1 cm³/mol. The fraction of sp³-hybridized carbons (Fsp3) is 0.111. The average molecular weight is 390 g/mol. The number of nitro benzene ring substituents is 1. The molecule has 9 heteroatoms. The van der Waals surface area contributed by atoms with Gasteiger partial charge in [0.2, 0.25) is 0 Å². The SMILES string of the molecule is Cc1c(O)ccc2c(COC(=O)c3cc([N+](=O)[O-])ccc3Cl)cc(=O)oc12. The maximum absolute atomic E-state index is 12.3. The van der Waals surface area contributed by atoms with Crippen LogP contribution in [0.15, 0.2) is 45.6 Å². The number of aryl methyl sites for hydroxylation is 1. The number of phenols is 1. The molecule has 0 fully saturated rings. The lowest BCUT2D eigenvalue weighted by molar-refractivity contribution is -0.384. The van der Waals surface area contributed by atoms with Gasteiger partial charge in [0.15, 0.2) is 0 Å². The van der Waals surface area contributed by atoms with Crippen LogP contribution >= 0.6 is 11.6 Å². The first-order valence-electron chi connectivity index (χ1n) is 7.64. The fourth-order valence-electron chi connectivity index (χ4n) is 2.54. The lowest BCUT2D eigenvalue weighted by Gasteiger charge is -2.10. The van der Waals surface area contributed by atoms with Gasteiger partial charge in [0.25, 0.3) is 5.69 Å². The number of benzene rings is 2. The van der Waals surface area contributed by atoms with Gasteiger partial charge in [-0.25, -0.2) is 9.59 Å². The van der Waals surface area contributed by atoms with Crippen molar-refractivity contribution in [2.75, 3.05) is 0 Å². The minimum Gasteiger partial charge on any atom is -0.508 e. The van der Waals surface area contributed by atoms with E-state index < -0.39 is 16.5 Å². The third-order valence-corrected chi connectivity index (χ3v) is 4.29. The molecule has 0 aliphatic rings. The summed E-state index contributed by atoms with van der Waals surface area (Å²) in [5.74, 6) is -0.913. The van der Waals surface area contributed by atoms with Gasteiger partial charge in [0, 0.05) is 34.7 Å². The Hall–Kier alpha value is -3.39. The highest BCUT2D eigenvalue weighted by atomic mass is 35.5. The summed E-state index contributed by atoms with van der Waals surface area (Å²) in [7, 11) is 0. The van der Waals surface area contributed by atoms with E-state index in [2.05, 4.69) is 0 Å². The zero-order valence-corrected chi connectivity index (χ0v) is 14.6. The Bertz CT molecular complexity index is 1140. The topological polar surface area (TPSA) is 120 Å². The van der Waals surface area contributed by atoms with E-state index in [9.17, 15) is 24.8 Å². The van der Waals surface area contributed by atoms with Gasteiger partial charge in [-0.15, -0.1) is 0 Å². The van der Waals surface area contributed by atoms with Crippen LogP contribution < -0.4 is 5.63 Å². The van der Waals surface area contributed by atoms with Gasteiger partial charge in [0.05, 0.1) is 15.5 Å². The lowest BCUT2D eigenvalue weighted by atomic mass is 10.1. The molecule has 0 radical (unpaired) electrons. The van der Waals surface area contributed by atoms with Crippen LogP contribution in [0.2, 0.25) is 5.02 Å². The molecule has 1 aromatic heterocycles. The number of esters is 1. The number of hydrogen-bond acceptors (Lipinski definition) is 7. The lowest BCUT2D eigenvalue weighted by Crippen LogP contribution is -2.09. The van der Waals surface area contributed by atoms with Crippen molar-refractivity contribution in [1.82, 2.24) is 0 Å². The van der Waals surface area contributed by atoms with Gasteiger partial charge in [0.1, 0.15) is 17.9 Å². The molecule has 1 heterocycles. The predicted octanol–water partition coefficient (Wildman–Crippen LogP) is 3.73. The molecule has 1 N–H and O–H groups in total. The molecule has 2 aromatic carbocycles. The van der Waals surface area contributed by atoms with Crippen molar-refractivity contribution in [3.05, 3.63) is 78.6 Å². The second kappa shape index (κ2) is 7.08. The number of halogens is 1. The Balaban J connectivity index is 1.93. The second-order valence-corrected chi connectivity index (χ2v) is 6.08. The summed E-state index contributed by atoms with van der Waals surface area (Å²) in [5, 5.41) is 21.1. The summed E-state index contributed by atoms with van der Waals surface area (Å²) in [6.07, 6.45) is 0. The number of non-ortho nitro benzene ring substituents is 1. The summed E-state index contributed by atoms with van der Waals surface area (Å²) in [4.78, 5) is 34.3. The van der Waals surface area contributed by atoms with Crippen LogP contribution in [0.5, 0.6) is 5.75 Å². The molecule has 0 saturated carbocycles. The average Bonchev–Trinajstić information content (AvgIpc) is 2.63. The molecule has 27 heavy (non-hydrogen) atoms. The van der Waals surface area contributed by atoms with E-state index in [1.807, 2.05) is 0 Å². The molecule has 0 atom stereocenters. The zero-order valence-electron chi connectivity index (χ0n) is 13.9. The van der Waals surface area contributed by atoms with E-state index in [0.29, 0.717) is 16.5 Å². The summed E-state index contributed by atoms with van der Waals surface area (Å²) in [5.41, 5.74) is -0.216. The molecule has 0 saturated heterocycles. The maximum Gasteiger partial charge on any atom is 0.340 e. The van der Waals surface area contributed by atoms with Gasteiger partial charge in [-0.2, -0.15) is 0 Å². The molecular weight excluding hydrogens is 378 g/mol. The smallest absolute Gasteiger partial charge is 0.340 e. The van der Waals surface area contributed by atoms with Gasteiger partial charge in [-0.05, 0) is 25.1 Å². The molecular formula is C18H12ClNO7. The highest BCUT2D eigenvalue weighted by Crippen LogP contribution is 2.28. The molecule has 3 rings (SSSR count). The Labute approximate surface area is 156 Å². The van der Waals surface area contributed by atoms with Crippen LogP contribution in [0.3, 0.4) is 0 Å². The monoisotopic (exact) mass is 389 g/mol. The van der Waals surface area contributed by atoms with Crippen molar-refractivity contribution in [2.24, 2.45) is 0 Å². The fourth-order valence-corrected chi connectivity index (χ4v) is 2.73. The first kappa shape index (κ1) is 18.4. The van der Waals surface area contributed by atoms with E-state index in [4.69, 9.17) is 20.8 Å². The van der Waals surface area contributed by atoms with Gasteiger partial charge < -0.3 is 14.3 Å². The molecule has 0 aliphatic carbocycles. The van der Waals surface area contributed by atoms with E-state index >= 15 is 0 Å². The summed E-state index contributed by atoms with van der Waals surface area (Å²) >= 11 is 5.92. The minimum atomic E-state index is -0.874. The third kappa shape index (κ3) is 3.61. The summed E-state index contributed by atoms with van der Waals surface area (Å²) in [6.45, 7) is 1.30. The molecule has 0 unspecified atom stereocenters. The van der Waals surface area contributed by atoms with E-state index in [-0.39, 0.29) is 34.2 Å². The van der Waals surface area contributed by atoms with Crippen LogP contribution in [-0.2, 0) is 11.3 Å². The van der Waals surface area contributed by atoms with Crippen molar-refractivity contribution < 1.29 is 24.0 Å². The normalized spacial score (nSPS) is 10.7. The van der Waals surface area contributed by atoms with Crippen LogP contribution in [0.4, 0.5) is 5.69 Å². The van der Waals surface area contributed by atoms with Crippen LogP contribution in [-0.4, -0.2) is 16.0 Å². The van der Waals surface area contributed by atoms with Gasteiger partial charge in [-0.1, -0.05) is 11.6 Å². The first-order chi connectivity index (χ1) is 12.8. The number of nitrogens with zero attached hydrogens (tertiary/aromatic N) is 1. The molecule has 0 amide bonds. The van der Waals surface area contributed by atoms with Crippen LogP contribution in [0.25, 0.3) is 11.0 Å². The Morgan fingerprint density at radius 1 is 1.30 bits per heavy atom. The number of phenolic OH excluding ortho intramolecular Hbond substituents is 1. The second-order valence-electron chi connectivity index (χ2n) is 5.67. The number of rotatable bonds is 4. The van der Waals surface area contributed by atoms with Crippen molar-refractivity contribution >= 4 is 34.2 Å². The van der Waals surface area contributed by atoms with Gasteiger partial charge in [-0.3, -0.25) is 10.1 Å². The van der Waals surface area contributed by atoms with E-state index in [1.54, 1.807) is 6.92 Å². The zero-order chi connectivity index (χ0) is 19.7. The van der Waals surface area contributed by atoms with Crippen molar-refractivity contribution in [1.29, 1.82) is 0 Å². The number of carbonyl (C=O) groups is 1. The summed E-state index contributed by atoms with van der Waals surface area (Å²) in [6, 6.07) is 7.55. The van der Waals surface area contributed by atoms with Crippen molar-refractivity contribution in [3.63, 3.8) is 0 Å². The largest absolute Gasteiger partial charge is 0.508 e. The quantitative estimate of drug-likeness (QED) is 0.312. The van der Waals surface area contributed by atoms with Crippen molar-refractivity contribution in [2.45, 2.75) is 13.5 Å². The molecule has 3 aromatic rings. The van der Waals surface area contributed by atoms with Crippen LogP contribution in [0.1, 0.15) is 21.5 Å². The van der Waals surface area contributed by atoms with E-state index in [1.165, 1.54) is 30.3 Å². The van der Waals surface area contributed by atoms with Crippen molar-refractivity contribution in [3.8, 4) is 5.75 Å². The Morgan fingerprint density at radius 2 is 2.04 bits per heavy atom. The number of nitro groups is 1. The summed E-state index contributed by atoms with van der Waals surface area (Å²) < 4.78 is 10.3. The molecule has 138 valence electrons. The number of carbonyl (C=O) groups excluding carboxylic acids is 1.